The first-order valence-corrected chi connectivity index (χ1v) is 7.19. The number of hydrogen-bond acceptors (Lipinski definition) is 4. The highest BCUT2D eigenvalue weighted by Crippen LogP contribution is 2.28. The first kappa shape index (κ1) is 15.6. The Kier molecular flexibility index (Phi) is 5.04. The number of aliphatic hydroxyl groups excluding tert-OH is 1. The zero-order chi connectivity index (χ0) is 15.4. The summed E-state index contributed by atoms with van der Waals surface area (Å²) in [7, 11) is 0. The zero-order valence-electron chi connectivity index (χ0n) is 12.0. The maximum Gasteiger partial charge on any atom is 0.338 e. The van der Waals surface area contributed by atoms with Crippen LogP contribution in [-0.2, 0) is 9.53 Å². The van der Waals surface area contributed by atoms with E-state index < -0.39 is 12.2 Å². The fraction of sp³-hybridized carbons (Fsp3) is 0.312. The van der Waals surface area contributed by atoms with Gasteiger partial charge in [0, 0.05) is 11.2 Å². The molecule has 0 aromatic heterocycles. The molecular weight excluding hydrogens is 290 g/mol. The Hall–Kier alpha value is -1.78. The lowest BCUT2D eigenvalue weighted by atomic mass is 10.0. The highest BCUT2D eigenvalue weighted by Gasteiger charge is 2.29. The molecule has 1 heterocycles. The summed E-state index contributed by atoms with van der Waals surface area (Å²) in [6.07, 6.45) is 4.03. The number of nitrogens with zero attached hydrogens (tertiary/aromatic N) is 1. The lowest BCUT2D eigenvalue weighted by Crippen LogP contribution is -2.38. The van der Waals surface area contributed by atoms with Crippen LogP contribution < -0.4 is 0 Å². The highest BCUT2D eigenvalue weighted by molar-refractivity contribution is 6.30. The summed E-state index contributed by atoms with van der Waals surface area (Å²) >= 11 is 5.88. The van der Waals surface area contributed by atoms with Crippen molar-refractivity contribution >= 4 is 17.6 Å². The number of halogens is 1. The smallest absolute Gasteiger partial charge is 0.338 e. The molecule has 112 valence electrons. The van der Waals surface area contributed by atoms with Crippen LogP contribution in [0.1, 0.15) is 25.5 Å². The molecule has 1 aromatic rings. The number of esters is 1. The van der Waals surface area contributed by atoms with Crippen LogP contribution in [0.25, 0.3) is 0 Å². The van der Waals surface area contributed by atoms with Crippen molar-refractivity contribution in [1.29, 1.82) is 0 Å². The Morgan fingerprint density at radius 1 is 1.43 bits per heavy atom. The van der Waals surface area contributed by atoms with Gasteiger partial charge in [-0.1, -0.05) is 23.7 Å². The Labute approximate surface area is 129 Å². The second kappa shape index (κ2) is 6.78. The molecule has 0 saturated heterocycles. The van der Waals surface area contributed by atoms with Gasteiger partial charge in [-0.05, 0) is 43.7 Å². The monoisotopic (exact) mass is 307 g/mol. The molecule has 0 amide bonds. The standard InChI is InChI=1S/C16H18ClNO3/c1-3-21-16(20)14-5-4-10-18(15(14)19)11(2)12-6-8-13(17)9-7-12/h4-11,15,19H,3H2,1-2H3. The molecule has 2 rings (SSSR count). The van der Waals surface area contributed by atoms with Crippen LogP contribution in [0.4, 0.5) is 0 Å². The molecule has 0 spiro atoms. The van der Waals surface area contributed by atoms with E-state index in [9.17, 15) is 9.90 Å². The third kappa shape index (κ3) is 3.46. The predicted octanol–water partition coefficient (Wildman–Crippen LogP) is 3.04. The van der Waals surface area contributed by atoms with Gasteiger partial charge in [-0.2, -0.15) is 0 Å². The van der Waals surface area contributed by atoms with E-state index in [1.54, 1.807) is 42.3 Å². The number of allylic oxidation sites excluding steroid dienone is 2. The lowest BCUT2D eigenvalue weighted by Gasteiger charge is -2.35. The predicted molar refractivity (Wildman–Crippen MR) is 81.6 cm³/mol. The second-order valence-corrected chi connectivity index (χ2v) is 5.17. The van der Waals surface area contributed by atoms with Crippen LogP contribution >= 0.6 is 11.6 Å². The van der Waals surface area contributed by atoms with E-state index in [1.165, 1.54) is 0 Å². The third-order valence-corrected chi connectivity index (χ3v) is 3.66. The summed E-state index contributed by atoms with van der Waals surface area (Å²) in [5, 5.41) is 11.1. The molecule has 2 unspecified atom stereocenters. The molecular formula is C16H18ClNO3. The van der Waals surface area contributed by atoms with Crippen molar-refractivity contribution in [2.24, 2.45) is 0 Å². The van der Waals surface area contributed by atoms with E-state index in [1.807, 2.05) is 19.1 Å². The van der Waals surface area contributed by atoms with Crippen LogP contribution in [-0.4, -0.2) is 28.8 Å². The Balaban J connectivity index is 2.18. The average molecular weight is 308 g/mol. The fourth-order valence-electron chi connectivity index (χ4n) is 2.22. The van der Waals surface area contributed by atoms with Crippen molar-refractivity contribution in [3.8, 4) is 0 Å². The molecule has 1 aromatic carbocycles. The van der Waals surface area contributed by atoms with Crippen LogP contribution in [0, 0.1) is 0 Å². The molecule has 1 N–H and O–H groups in total. The van der Waals surface area contributed by atoms with Gasteiger partial charge in [0.2, 0.25) is 0 Å². The third-order valence-electron chi connectivity index (χ3n) is 3.41. The van der Waals surface area contributed by atoms with Gasteiger partial charge in [-0.25, -0.2) is 4.79 Å². The lowest BCUT2D eigenvalue weighted by molar-refractivity contribution is -0.141. The number of hydrogen-bond donors (Lipinski definition) is 1. The molecule has 2 atom stereocenters. The van der Waals surface area contributed by atoms with E-state index in [4.69, 9.17) is 16.3 Å². The summed E-state index contributed by atoms with van der Waals surface area (Å²) in [4.78, 5) is 13.5. The normalized spacial score (nSPS) is 19.1. The molecule has 0 aliphatic carbocycles. The average Bonchev–Trinajstić information content (AvgIpc) is 2.48. The number of carbonyl (C=O) groups excluding carboxylic acids is 1. The van der Waals surface area contributed by atoms with Crippen molar-refractivity contribution in [3.05, 3.63) is 58.8 Å². The van der Waals surface area contributed by atoms with Gasteiger partial charge in [0.25, 0.3) is 0 Å². The summed E-state index contributed by atoms with van der Waals surface area (Å²) in [6.45, 7) is 3.96. The van der Waals surface area contributed by atoms with Gasteiger partial charge in [-0.15, -0.1) is 0 Å². The fourth-order valence-corrected chi connectivity index (χ4v) is 2.34. The molecule has 21 heavy (non-hydrogen) atoms. The number of carbonyl (C=O) groups is 1. The minimum atomic E-state index is -1.03. The van der Waals surface area contributed by atoms with Crippen molar-refractivity contribution in [3.63, 3.8) is 0 Å². The summed E-state index contributed by atoms with van der Waals surface area (Å²) < 4.78 is 4.96. The number of rotatable bonds is 4. The number of aliphatic hydroxyl groups is 1. The number of benzene rings is 1. The molecule has 5 heteroatoms. The molecule has 0 radical (unpaired) electrons. The SMILES string of the molecule is CCOC(=O)C1=CC=CN(C(C)c2ccc(Cl)cc2)C1O. The summed E-state index contributed by atoms with van der Waals surface area (Å²) in [5.41, 5.74) is 1.23. The topological polar surface area (TPSA) is 49.8 Å². The van der Waals surface area contributed by atoms with Crippen LogP contribution in [0.2, 0.25) is 5.02 Å². The second-order valence-electron chi connectivity index (χ2n) is 4.73. The molecule has 0 bridgehead atoms. The number of ether oxygens (including phenoxy) is 1. The van der Waals surface area contributed by atoms with Crippen molar-refractivity contribution in [2.45, 2.75) is 26.1 Å². The van der Waals surface area contributed by atoms with Gasteiger partial charge < -0.3 is 14.7 Å². The molecule has 0 fully saturated rings. The van der Waals surface area contributed by atoms with Gasteiger partial charge in [0.15, 0.2) is 6.23 Å². The van der Waals surface area contributed by atoms with E-state index in [0.29, 0.717) is 5.02 Å². The maximum absolute atomic E-state index is 11.8. The van der Waals surface area contributed by atoms with Crippen LogP contribution in [0.15, 0.2) is 48.2 Å². The molecule has 1 aliphatic heterocycles. The molecule has 1 aliphatic rings. The van der Waals surface area contributed by atoms with Gasteiger partial charge in [-0.3, -0.25) is 0 Å². The van der Waals surface area contributed by atoms with Crippen molar-refractivity contribution < 1.29 is 14.6 Å². The Bertz CT molecular complexity index is 565. The van der Waals surface area contributed by atoms with E-state index in [2.05, 4.69) is 0 Å². The highest BCUT2D eigenvalue weighted by atomic mass is 35.5. The first-order valence-electron chi connectivity index (χ1n) is 6.81. The van der Waals surface area contributed by atoms with Gasteiger partial charge in [0.05, 0.1) is 18.2 Å². The minimum Gasteiger partial charge on any atom is -0.463 e. The molecule has 4 nitrogen and oxygen atoms in total. The minimum absolute atomic E-state index is 0.105. The van der Waals surface area contributed by atoms with E-state index in [0.717, 1.165) is 5.56 Å². The van der Waals surface area contributed by atoms with Crippen molar-refractivity contribution in [1.82, 2.24) is 4.90 Å². The van der Waals surface area contributed by atoms with Crippen LogP contribution in [0.5, 0.6) is 0 Å². The summed E-state index contributed by atoms with van der Waals surface area (Å²) in [6, 6.07) is 7.29. The van der Waals surface area contributed by atoms with E-state index in [-0.39, 0.29) is 18.2 Å². The first-order chi connectivity index (χ1) is 10.0. The van der Waals surface area contributed by atoms with Crippen molar-refractivity contribution in [2.75, 3.05) is 6.61 Å². The Morgan fingerprint density at radius 2 is 2.10 bits per heavy atom. The summed E-state index contributed by atoms with van der Waals surface area (Å²) in [5.74, 6) is -0.498. The Morgan fingerprint density at radius 3 is 2.71 bits per heavy atom. The largest absolute Gasteiger partial charge is 0.463 e. The zero-order valence-corrected chi connectivity index (χ0v) is 12.7. The maximum atomic E-state index is 11.8. The van der Waals surface area contributed by atoms with Crippen LogP contribution in [0.3, 0.4) is 0 Å². The quantitative estimate of drug-likeness (QED) is 0.869. The molecule has 0 saturated carbocycles. The van der Waals surface area contributed by atoms with Gasteiger partial charge >= 0.3 is 5.97 Å². The van der Waals surface area contributed by atoms with Gasteiger partial charge in [0.1, 0.15) is 0 Å². The van der Waals surface area contributed by atoms with E-state index >= 15 is 0 Å².